The fourth-order valence-corrected chi connectivity index (χ4v) is 5.14. The van der Waals surface area contributed by atoms with Gasteiger partial charge >= 0.3 is 0 Å². The van der Waals surface area contributed by atoms with Crippen LogP contribution in [0, 0.1) is 11.6 Å². The molecule has 2 aliphatic rings. The molecule has 2 heterocycles. The second-order valence-corrected chi connectivity index (χ2v) is 13.6. The van der Waals surface area contributed by atoms with Gasteiger partial charge in [0, 0.05) is 44.3 Å². The fourth-order valence-electron chi connectivity index (χ4n) is 3.86. The summed E-state index contributed by atoms with van der Waals surface area (Å²) in [6.07, 6.45) is 5.35. The monoisotopic (exact) mass is 618 g/mol. The van der Waals surface area contributed by atoms with Gasteiger partial charge in [-0.15, -0.1) is 6.58 Å². The molecular formula is C27H36F2N2O8S2. The van der Waals surface area contributed by atoms with E-state index in [1.807, 2.05) is 0 Å². The Morgan fingerprint density at radius 3 is 1.73 bits per heavy atom. The Balaban J connectivity index is 0.000000226. The zero-order valence-corrected chi connectivity index (χ0v) is 24.9. The van der Waals surface area contributed by atoms with E-state index in [4.69, 9.17) is 18.9 Å². The molecule has 0 aliphatic carbocycles. The van der Waals surface area contributed by atoms with Gasteiger partial charge in [-0.25, -0.2) is 25.6 Å². The second kappa shape index (κ2) is 14.3. The molecule has 0 bridgehead atoms. The fraction of sp³-hybridized carbons (Fsp3) is 0.481. The zero-order valence-electron chi connectivity index (χ0n) is 23.2. The van der Waals surface area contributed by atoms with E-state index in [1.165, 1.54) is 12.1 Å². The smallest absolute Gasteiger partial charge is 0.197 e. The molecular weight excluding hydrogens is 582 g/mol. The van der Waals surface area contributed by atoms with Crippen LogP contribution in [0.1, 0.15) is 19.8 Å². The van der Waals surface area contributed by atoms with Crippen molar-refractivity contribution >= 4 is 19.7 Å². The molecule has 0 spiro atoms. The second-order valence-electron chi connectivity index (χ2n) is 9.62. The summed E-state index contributed by atoms with van der Waals surface area (Å²) in [6.45, 7) is 8.68. The Kier molecular flexibility index (Phi) is 11.4. The molecule has 4 rings (SSSR count). The molecule has 2 atom stereocenters. The first-order chi connectivity index (χ1) is 19.3. The highest BCUT2D eigenvalue weighted by molar-refractivity contribution is 7.91. The van der Waals surface area contributed by atoms with E-state index in [0.717, 1.165) is 44.0 Å². The standard InChI is InChI=1S/C14H20FNO4S.C13H16FNO4S/c1-3-4-5-16-8-10-9-19-14-12(15)6-11(21(2,17)18)7-13(14)20-10;1-3-4-15-7-9-8-18-13-11(14)5-10(20(2,16)17)6-12(13)19-9/h6-7,10,16H,3-5,8-9H2,1-2H3;3,5-6,9,15H,1,4,7-8H2,2H3. The predicted octanol–water partition coefficient (Wildman–Crippen LogP) is 2.90. The molecule has 14 heteroatoms. The lowest BCUT2D eigenvalue weighted by molar-refractivity contribution is 0.0858. The number of nitrogens with one attached hydrogen (secondary N) is 2. The van der Waals surface area contributed by atoms with Gasteiger partial charge in [0.05, 0.1) is 9.79 Å². The van der Waals surface area contributed by atoms with E-state index in [1.54, 1.807) is 6.08 Å². The Morgan fingerprint density at radius 2 is 1.32 bits per heavy atom. The molecule has 2 N–H and O–H groups in total. The van der Waals surface area contributed by atoms with Gasteiger partial charge < -0.3 is 29.6 Å². The molecule has 0 fully saturated rings. The number of unbranched alkanes of at least 4 members (excludes halogenated alkanes) is 1. The molecule has 41 heavy (non-hydrogen) atoms. The van der Waals surface area contributed by atoms with Crippen molar-refractivity contribution in [3.05, 3.63) is 48.6 Å². The molecule has 0 amide bonds. The number of fused-ring (bicyclic) bond motifs is 2. The highest BCUT2D eigenvalue weighted by Crippen LogP contribution is 2.37. The van der Waals surface area contributed by atoms with Gasteiger partial charge in [0.25, 0.3) is 0 Å². The molecule has 2 unspecified atom stereocenters. The van der Waals surface area contributed by atoms with E-state index in [9.17, 15) is 25.6 Å². The van der Waals surface area contributed by atoms with Gasteiger partial charge in [0.2, 0.25) is 0 Å². The van der Waals surface area contributed by atoms with Crippen molar-refractivity contribution < 1.29 is 44.6 Å². The average molecular weight is 619 g/mol. The summed E-state index contributed by atoms with van der Waals surface area (Å²) in [7, 11) is -6.99. The van der Waals surface area contributed by atoms with Crippen LogP contribution in [-0.4, -0.2) is 80.9 Å². The minimum absolute atomic E-state index is 0.0211. The topological polar surface area (TPSA) is 129 Å². The van der Waals surface area contributed by atoms with Crippen LogP contribution >= 0.6 is 0 Å². The van der Waals surface area contributed by atoms with Gasteiger partial charge in [0.15, 0.2) is 54.3 Å². The third kappa shape index (κ3) is 9.28. The van der Waals surface area contributed by atoms with Crippen LogP contribution in [0.2, 0.25) is 0 Å². The van der Waals surface area contributed by atoms with Crippen molar-refractivity contribution in [3.8, 4) is 23.0 Å². The lowest BCUT2D eigenvalue weighted by Gasteiger charge is -2.27. The van der Waals surface area contributed by atoms with Crippen molar-refractivity contribution in [1.29, 1.82) is 0 Å². The summed E-state index contributed by atoms with van der Waals surface area (Å²) in [6, 6.07) is 4.49. The summed E-state index contributed by atoms with van der Waals surface area (Å²) in [5.74, 6) is -1.26. The van der Waals surface area contributed by atoms with Gasteiger partial charge in [0.1, 0.15) is 25.4 Å². The lowest BCUT2D eigenvalue weighted by atomic mass is 10.2. The maximum atomic E-state index is 13.9. The summed E-state index contributed by atoms with van der Waals surface area (Å²) < 4.78 is 95.5. The van der Waals surface area contributed by atoms with E-state index >= 15 is 0 Å². The molecule has 10 nitrogen and oxygen atoms in total. The molecule has 2 aliphatic heterocycles. The number of ether oxygens (including phenoxy) is 4. The van der Waals surface area contributed by atoms with Crippen LogP contribution in [0.5, 0.6) is 23.0 Å². The van der Waals surface area contributed by atoms with Crippen LogP contribution in [0.4, 0.5) is 8.78 Å². The van der Waals surface area contributed by atoms with Crippen LogP contribution in [-0.2, 0) is 19.7 Å². The van der Waals surface area contributed by atoms with Gasteiger partial charge in [-0.1, -0.05) is 19.4 Å². The van der Waals surface area contributed by atoms with Crippen LogP contribution in [0.15, 0.2) is 46.7 Å². The molecule has 2 aromatic carbocycles. The normalized spacial score (nSPS) is 17.8. The summed E-state index contributed by atoms with van der Waals surface area (Å²) in [4.78, 5) is -0.237. The number of benzene rings is 2. The van der Waals surface area contributed by atoms with Crippen LogP contribution < -0.4 is 29.6 Å². The first-order valence-electron chi connectivity index (χ1n) is 13.0. The Bertz CT molecular complexity index is 1440. The molecule has 0 aromatic heterocycles. The largest absolute Gasteiger partial charge is 0.483 e. The van der Waals surface area contributed by atoms with Gasteiger partial charge in [-0.05, 0) is 25.1 Å². The first-order valence-corrected chi connectivity index (χ1v) is 16.8. The molecule has 2 aromatic rings. The summed E-state index contributed by atoms with van der Waals surface area (Å²) in [5.41, 5.74) is 0. The minimum Gasteiger partial charge on any atom is -0.483 e. The van der Waals surface area contributed by atoms with Crippen LogP contribution in [0.25, 0.3) is 0 Å². The Labute approximate surface area is 239 Å². The number of hydrogen-bond acceptors (Lipinski definition) is 10. The van der Waals surface area contributed by atoms with Crippen molar-refractivity contribution in [3.63, 3.8) is 0 Å². The zero-order chi connectivity index (χ0) is 30.2. The molecule has 228 valence electrons. The van der Waals surface area contributed by atoms with E-state index in [2.05, 4.69) is 24.1 Å². The number of rotatable bonds is 11. The lowest BCUT2D eigenvalue weighted by Crippen LogP contribution is -2.39. The number of sulfone groups is 2. The summed E-state index contributed by atoms with van der Waals surface area (Å²) >= 11 is 0. The van der Waals surface area contributed by atoms with E-state index in [-0.39, 0.29) is 58.2 Å². The SMILES string of the molecule is C=CCNCC1COc2c(F)cc(S(C)(=O)=O)cc2O1.CCCCNCC1COc2c(F)cc(S(C)(=O)=O)cc2O1. The molecule has 0 saturated carbocycles. The Morgan fingerprint density at radius 1 is 0.854 bits per heavy atom. The van der Waals surface area contributed by atoms with Gasteiger partial charge in [-0.3, -0.25) is 0 Å². The van der Waals surface area contributed by atoms with Crippen molar-refractivity contribution in [2.75, 3.05) is 51.9 Å². The predicted molar refractivity (Wildman–Crippen MR) is 150 cm³/mol. The number of hydrogen-bond donors (Lipinski definition) is 2. The van der Waals surface area contributed by atoms with Crippen molar-refractivity contribution in [2.45, 2.75) is 41.8 Å². The average Bonchev–Trinajstić information content (AvgIpc) is 2.90. The van der Waals surface area contributed by atoms with Crippen molar-refractivity contribution in [2.24, 2.45) is 0 Å². The maximum Gasteiger partial charge on any atom is 0.197 e. The van der Waals surface area contributed by atoms with Crippen LogP contribution in [0.3, 0.4) is 0 Å². The minimum atomic E-state index is -3.50. The Hall–Kier alpha value is -2.94. The van der Waals surface area contributed by atoms with Gasteiger partial charge in [-0.2, -0.15) is 0 Å². The third-order valence-corrected chi connectivity index (χ3v) is 8.16. The van der Waals surface area contributed by atoms with E-state index < -0.39 is 31.3 Å². The van der Waals surface area contributed by atoms with E-state index in [0.29, 0.717) is 19.6 Å². The highest BCUT2D eigenvalue weighted by atomic mass is 32.2. The quantitative estimate of drug-likeness (QED) is 0.287. The highest BCUT2D eigenvalue weighted by Gasteiger charge is 2.27. The molecule has 0 saturated heterocycles. The summed E-state index contributed by atoms with van der Waals surface area (Å²) in [5, 5.41) is 6.29. The molecule has 0 radical (unpaired) electrons. The number of halogens is 2. The van der Waals surface area contributed by atoms with Crippen molar-refractivity contribution in [1.82, 2.24) is 10.6 Å². The maximum absolute atomic E-state index is 13.9. The third-order valence-electron chi connectivity index (χ3n) is 5.98. The first kappa shape index (κ1) is 32.6.